The van der Waals surface area contributed by atoms with E-state index in [0.29, 0.717) is 0 Å². The molecule has 76 valence electrons. The maximum Gasteiger partial charge on any atom is 0.0564 e. The van der Waals surface area contributed by atoms with Gasteiger partial charge in [-0.1, -0.05) is 12.1 Å². The minimum absolute atomic E-state index is 1.02. The first-order valence-corrected chi connectivity index (χ1v) is 5.67. The Morgan fingerprint density at radius 1 is 1.33 bits per heavy atom. The summed E-state index contributed by atoms with van der Waals surface area (Å²) in [5, 5.41) is 8.25. The van der Waals surface area contributed by atoms with Crippen LogP contribution in [0.25, 0.3) is 0 Å². The van der Waals surface area contributed by atoms with Crippen LogP contribution in [-0.4, -0.2) is 6.21 Å². The molecule has 3 heteroatoms. The van der Waals surface area contributed by atoms with Gasteiger partial charge in [0.25, 0.3) is 0 Å². The van der Waals surface area contributed by atoms with Gasteiger partial charge < -0.3 is 0 Å². The minimum Gasteiger partial charge on any atom is -0.278 e. The van der Waals surface area contributed by atoms with Crippen molar-refractivity contribution in [3.05, 3.63) is 52.2 Å². The zero-order valence-electron chi connectivity index (χ0n) is 8.47. The highest BCUT2D eigenvalue weighted by atomic mass is 32.1. The largest absolute Gasteiger partial charge is 0.278 e. The molecular formula is C12H12N2S. The molecule has 0 amide bonds. The number of hydrazone groups is 1. The second-order valence-electron chi connectivity index (χ2n) is 3.30. The molecule has 0 atom stereocenters. The molecule has 1 heterocycles. The fourth-order valence-electron chi connectivity index (χ4n) is 1.24. The van der Waals surface area contributed by atoms with Crippen molar-refractivity contribution in [2.75, 3.05) is 5.43 Å². The third kappa shape index (κ3) is 2.92. The van der Waals surface area contributed by atoms with Gasteiger partial charge in [-0.15, -0.1) is 0 Å². The lowest BCUT2D eigenvalue weighted by Crippen LogP contribution is -1.89. The van der Waals surface area contributed by atoms with Crippen LogP contribution in [0.15, 0.2) is 46.2 Å². The van der Waals surface area contributed by atoms with E-state index >= 15 is 0 Å². The summed E-state index contributed by atoms with van der Waals surface area (Å²) < 4.78 is 0. The van der Waals surface area contributed by atoms with Crippen LogP contribution in [0.5, 0.6) is 0 Å². The molecule has 0 aliphatic rings. The topological polar surface area (TPSA) is 24.4 Å². The van der Waals surface area contributed by atoms with Gasteiger partial charge in [0.15, 0.2) is 0 Å². The molecule has 2 rings (SSSR count). The van der Waals surface area contributed by atoms with Crippen molar-refractivity contribution >= 4 is 23.2 Å². The van der Waals surface area contributed by atoms with E-state index in [2.05, 4.69) is 35.0 Å². The fourth-order valence-corrected chi connectivity index (χ4v) is 1.86. The standard InChI is InChI=1S/C12H12N2S/c1-10-3-2-4-12(7-10)14-13-8-11-5-6-15-9-11/h2-9,14H,1H3/b13-8-. The van der Waals surface area contributed by atoms with Gasteiger partial charge in [-0.2, -0.15) is 16.4 Å². The summed E-state index contributed by atoms with van der Waals surface area (Å²) in [6.07, 6.45) is 1.82. The van der Waals surface area contributed by atoms with Crippen LogP contribution in [0.3, 0.4) is 0 Å². The predicted octanol–water partition coefficient (Wildman–Crippen LogP) is 3.50. The van der Waals surface area contributed by atoms with Gasteiger partial charge in [0.1, 0.15) is 0 Å². The number of benzene rings is 1. The first-order chi connectivity index (χ1) is 7.34. The van der Waals surface area contributed by atoms with E-state index in [1.54, 1.807) is 11.3 Å². The Hall–Kier alpha value is -1.61. The van der Waals surface area contributed by atoms with E-state index in [-0.39, 0.29) is 0 Å². The zero-order valence-corrected chi connectivity index (χ0v) is 9.29. The molecule has 15 heavy (non-hydrogen) atoms. The maximum atomic E-state index is 4.16. The second kappa shape index (κ2) is 4.75. The van der Waals surface area contributed by atoms with Gasteiger partial charge in [-0.05, 0) is 41.4 Å². The Balaban J connectivity index is 1.99. The lowest BCUT2D eigenvalue weighted by atomic mass is 10.2. The van der Waals surface area contributed by atoms with Gasteiger partial charge in [0, 0.05) is 5.56 Å². The summed E-state index contributed by atoms with van der Waals surface area (Å²) in [4.78, 5) is 0. The second-order valence-corrected chi connectivity index (χ2v) is 4.08. The molecule has 0 aliphatic carbocycles. The monoisotopic (exact) mass is 216 g/mol. The van der Waals surface area contributed by atoms with Crippen molar-refractivity contribution in [3.8, 4) is 0 Å². The Kier molecular flexibility index (Phi) is 3.15. The Labute approximate surface area is 93.3 Å². The minimum atomic E-state index is 1.02. The fraction of sp³-hybridized carbons (Fsp3) is 0.0833. The van der Waals surface area contributed by atoms with Crippen molar-refractivity contribution in [2.24, 2.45) is 5.10 Å². The maximum absolute atomic E-state index is 4.16. The van der Waals surface area contributed by atoms with Crippen LogP contribution in [0, 0.1) is 6.92 Å². The molecule has 2 nitrogen and oxygen atoms in total. The smallest absolute Gasteiger partial charge is 0.0564 e. The summed E-state index contributed by atoms with van der Waals surface area (Å²) in [7, 11) is 0. The number of nitrogens with zero attached hydrogens (tertiary/aromatic N) is 1. The number of hydrogen-bond donors (Lipinski definition) is 1. The van der Waals surface area contributed by atoms with Crippen LogP contribution >= 0.6 is 11.3 Å². The summed E-state index contributed by atoms with van der Waals surface area (Å²) in [6.45, 7) is 2.06. The van der Waals surface area contributed by atoms with Crippen molar-refractivity contribution in [3.63, 3.8) is 0 Å². The molecule has 0 fully saturated rings. The SMILES string of the molecule is Cc1cccc(N/N=C\c2ccsc2)c1. The molecule has 0 spiro atoms. The van der Waals surface area contributed by atoms with Gasteiger partial charge in [0.2, 0.25) is 0 Å². The first-order valence-electron chi connectivity index (χ1n) is 4.72. The highest BCUT2D eigenvalue weighted by Crippen LogP contribution is 2.09. The van der Waals surface area contributed by atoms with E-state index in [0.717, 1.165) is 11.3 Å². The Morgan fingerprint density at radius 2 is 2.27 bits per heavy atom. The normalized spacial score (nSPS) is 10.7. The number of hydrogen-bond acceptors (Lipinski definition) is 3. The molecule has 2 aromatic rings. The molecule has 0 radical (unpaired) electrons. The molecule has 1 aromatic heterocycles. The molecule has 1 N–H and O–H groups in total. The molecule has 1 aromatic carbocycles. The van der Waals surface area contributed by atoms with Gasteiger partial charge in [0.05, 0.1) is 11.9 Å². The average Bonchev–Trinajstić information content (AvgIpc) is 2.71. The molecule has 0 unspecified atom stereocenters. The van der Waals surface area contributed by atoms with Crippen LogP contribution in [-0.2, 0) is 0 Å². The summed E-state index contributed by atoms with van der Waals surface area (Å²) in [5.74, 6) is 0. The molecule has 0 bridgehead atoms. The Bertz CT molecular complexity index is 446. The number of rotatable bonds is 3. The van der Waals surface area contributed by atoms with E-state index in [4.69, 9.17) is 0 Å². The number of anilines is 1. The van der Waals surface area contributed by atoms with Crippen molar-refractivity contribution < 1.29 is 0 Å². The molecule has 0 aliphatic heterocycles. The van der Waals surface area contributed by atoms with Crippen LogP contribution in [0.4, 0.5) is 5.69 Å². The van der Waals surface area contributed by atoms with Crippen molar-refractivity contribution in [1.29, 1.82) is 0 Å². The third-order valence-corrected chi connectivity index (χ3v) is 2.67. The van der Waals surface area contributed by atoms with Gasteiger partial charge >= 0.3 is 0 Å². The molecular weight excluding hydrogens is 204 g/mol. The lowest BCUT2D eigenvalue weighted by molar-refractivity contribution is 1.33. The van der Waals surface area contributed by atoms with Crippen LogP contribution in [0.2, 0.25) is 0 Å². The van der Waals surface area contributed by atoms with E-state index in [1.807, 2.05) is 29.8 Å². The van der Waals surface area contributed by atoms with Crippen molar-refractivity contribution in [1.82, 2.24) is 0 Å². The number of thiophene rings is 1. The van der Waals surface area contributed by atoms with E-state index < -0.39 is 0 Å². The van der Waals surface area contributed by atoms with Crippen molar-refractivity contribution in [2.45, 2.75) is 6.92 Å². The highest BCUT2D eigenvalue weighted by Gasteiger charge is 1.89. The predicted molar refractivity (Wildman–Crippen MR) is 66.7 cm³/mol. The summed E-state index contributed by atoms with van der Waals surface area (Å²) in [5.41, 5.74) is 6.37. The van der Waals surface area contributed by atoms with Gasteiger partial charge in [-0.3, -0.25) is 5.43 Å². The van der Waals surface area contributed by atoms with Crippen LogP contribution in [0.1, 0.15) is 11.1 Å². The van der Waals surface area contributed by atoms with Gasteiger partial charge in [-0.25, -0.2) is 0 Å². The summed E-state index contributed by atoms with van der Waals surface area (Å²) in [6, 6.07) is 10.2. The Morgan fingerprint density at radius 3 is 3.00 bits per heavy atom. The molecule has 0 saturated carbocycles. The zero-order chi connectivity index (χ0) is 10.5. The molecule has 0 saturated heterocycles. The van der Waals surface area contributed by atoms with Crippen LogP contribution < -0.4 is 5.43 Å². The van der Waals surface area contributed by atoms with E-state index in [9.17, 15) is 0 Å². The van der Waals surface area contributed by atoms with E-state index in [1.165, 1.54) is 5.56 Å². The average molecular weight is 216 g/mol. The first kappa shape index (κ1) is 9.93. The summed E-state index contributed by atoms with van der Waals surface area (Å²) >= 11 is 1.67. The number of aryl methyl sites for hydroxylation is 1. The third-order valence-electron chi connectivity index (χ3n) is 1.97. The lowest BCUT2D eigenvalue weighted by Gasteiger charge is -1.99. The quantitative estimate of drug-likeness (QED) is 0.616. The number of nitrogens with one attached hydrogen (secondary N) is 1. The highest BCUT2D eigenvalue weighted by molar-refractivity contribution is 7.08.